The number of unbranched alkanes of at least 4 members (excludes halogenated alkanes) is 5. The highest BCUT2D eigenvalue weighted by Crippen LogP contribution is 2.37. The van der Waals surface area contributed by atoms with Gasteiger partial charge in [0.15, 0.2) is 0 Å². The first-order valence-electron chi connectivity index (χ1n) is 8.56. The fourth-order valence-electron chi connectivity index (χ4n) is 2.06. The summed E-state index contributed by atoms with van der Waals surface area (Å²) in [4.78, 5) is 10.4. The first kappa shape index (κ1) is 22.3. The summed E-state index contributed by atoms with van der Waals surface area (Å²) in [5.41, 5.74) is 0. The Hall–Kier alpha value is -0.680. The Morgan fingerprint density at radius 3 is 2.09 bits per heavy atom. The van der Waals surface area contributed by atoms with Crippen LogP contribution in [0.4, 0.5) is 0 Å². The maximum atomic E-state index is 10.4. The van der Waals surface area contributed by atoms with Gasteiger partial charge in [-0.3, -0.25) is 4.57 Å². The predicted octanol–water partition coefficient (Wildman–Crippen LogP) is 3.20. The van der Waals surface area contributed by atoms with Gasteiger partial charge in [0, 0.05) is 0 Å². The molecular weight excluding hydrogens is 315 g/mol. The van der Waals surface area contributed by atoms with Gasteiger partial charge in [-0.25, -0.2) is 9.13 Å². The van der Waals surface area contributed by atoms with Crippen molar-refractivity contribution < 1.29 is 23.1 Å². The van der Waals surface area contributed by atoms with Crippen molar-refractivity contribution in [3.8, 4) is 0 Å². The average Bonchev–Trinajstić information content (AvgIpc) is 2.89. The van der Waals surface area contributed by atoms with Gasteiger partial charge in [0.05, 0.1) is 26.8 Å². The summed E-state index contributed by atoms with van der Waals surface area (Å²) in [7, 11) is -1.88. The van der Waals surface area contributed by atoms with Crippen molar-refractivity contribution in [2.75, 3.05) is 13.2 Å². The Morgan fingerprint density at radius 2 is 1.61 bits per heavy atom. The van der Waals surface area contributed by atoms with Crippen molar-refractivity contribution in [2.24, 2.45) is 7.05 Å². The van der Waals surface area contributed by atoms with Crippen LogP contribution in [0.1, 0.15) is 59.3 Å². The Bertz CT molecular complexity index is 427. The molecule has 0 saturated carbocycles. The topological polar surface area (TPSA) is 67.4 Å². The highest BCUT2D eigenvalue weighted by atomic mass is 31.2. The monoisotopic (exact) mass is 348 g/mol. The van der Waals surface area contributed by atoms with Crippen molar-refractivity contribution in [3.05, 3.63) is 18.7 Å². The summed E-state index contributed by atoms with van der Waals surface area (Å²) in [6.45, 7) is 6.86. The molecule has 1 aromatic heterocycles. The van der Waals surface area contributed by atoms with Gasteiger partial charge in [0.25, 0.3) is 7.82 Å². The van der Waals surface area contributed by atoms with E-state index in [-0.39, 0.29) is 13.2 Å². The van der Waals surface area contributed by atoms with E-state index < -0.39 is 7.82 Å². The molecule has 1 heterocycles. The molecule has 0 amide bonds. The van der Waals surface area contributed by atoms with Crippen LogP contribution in [-0.2, 0) is 27.2 Å². The van der Waals surface area contributed by atoms with Crippen LogP contribution in [0.5, 0.6) is 0 Å². The minimum Gasteiger partial charge on any atom is -0.756 e. The van der Waals surface area contributed by atoms with Gasteiger partial charge in [0.1, 0.15) is 12.4 Å². The lowest BCUT2D eigenvalue weighted by atomic mass is 10.1. The second kappa shape index (κ2) is 13.7. The van der Waals surface area contributed by atoms with Crippen LogP contribution in [0.15, 0.2) is 18.7 Å². The second-order valence-corrected chi connectivity index (χ2v) is 6.78. The molecule has 0 spiro atoms. The molecule has 0 atom stereocenters. The first-order chi connectivity index (χ1) is 10.9. The molecule has 7 heteroatoms. The predicted molar refractivity (Wildman–Crippen MR) is 89.8 cm³/mol. The summed E-state index contributed by atoms with van der Waals surface area (Å²) in [5.74, 6) is 0. The Balaban J connectivity index is 0.000000468. The van der Waals surface area contributed by atoms with E-state index >= 15 is 0 Å². The molecule has 0 unspecified atom stereocenters. The Kier molecular flexibility index (Phi) is 13.3. The minimum absolute atomic E-state index is 0.126. The molecule has 0 radical (unpaired) electrons. The first-order valence-corrected chi connectivity index (χ1v) is 10.0. The standard InChI is InChI=1S/C12H23N2.C4H11O4P/c1-3-4-5-6-7-8-9-14-11-10-13(2)12-14;1-3-7-9(5,6)8-4-2/h10-12H,3-9H2,1-2H3;3-4H2,1-2H3,(H,5,6)/q+1;/p-1. The zero-order valence-corrected chi connectivity index (χ0v) is 16.0. The van der Waals surface area contributed by atoms with Crippen LogP contribution in [0.2, 0.25) is 0 Å². The van der Waals surface area contributed by atoms with Crippen molar-refractivity contribution >= 4 is 7.82 Å². The van der Waals surface area contributed by atoms with Crippen molar-refractivity contribution in [1.29, 1.82) is 0 Å². The minimum atomic E-state index is -3.94. The molecule has 0 saturated heterocycles. The third kappa shape index (κ3) is 13.5. The number of hydrogen-bond acceptors (Lipinski definition) is 4. The maximum Gasteiger partial charge on any atom is 0.267 e. The number of hydrogen-bond donors (Lipinski definition) is 0. The molecule has 0 aliphatic carbocycles. The van der Waals surface area contributed by atoms with Crippen LogP contribution in [-0.4, -0.2) is 17.8 Å². The molecule has 1 rings (SSSR count). The zero-order valence-electron chi connectivity index (χ0n) is 15.1. The van der Waals surface area contributed by atoms with E-state index in [9.17, 15) is 9.46 Å². The lowest BCUT2D eigenvalue weighted by Gasteiger charge is -2.20. The molecule has 0 aliphatic rings. The molecule has 0 bridgehead atoms. The van der Waals surface area contributed by atoms with Gasteiger partial charge < -0.3 is 13.9 Å². The molecule has 136 valence electrons. The number of phosphoric ester groups is 1. The molecule has 0 N–H and O–H groups in total. The lowest BCUT2D eigenvalue weighted by molar-refractivity contribution is -0.671. The third-order valence-corrected chi connectivity index (χ3v) is 4.32. The fraction of sp³-hybridized carbons (Fsp3) is 0.812. The quantitative estimate of drug-likeness (QED) is 0.350. The molecular formula is C16H33N2O4P. The van der Waals surface area contributed by atoms with Gasteiger partial charge in [-0.05, 0) is 26.7 Å². The van der Waals surface area contributed by atoms with Gasteiger partial charge in [-0.1, -0.05) is 32.6 Å². The highest BCUT2D eigenvalue weighted by molar-refractivity contribution is 7.45. The largest absolute Gasteiger partial charge is 0.756 e. The molecule has 6 nitrogen and oxygen atoms in total. The van der Waals surface area contributed by atoms with Crippen molar-refractivity contribution in [2.45, 2.75) is 65.8 Å². The van der Waals surface area contributed by atoms with E-state index in [2.05, 4.69) is 50.9 Å². The summed E-state index contributed by atoms with van der Waals surface area (Å²) in [6.07, 6.45) is 14.6. The van der Waals surface area contributed by atoms with Gasteiger partial charge >= 0.3 is 0 Å². The zero-order chi connectivity index (χ0) is 17.6. The van der Waals surface area contributed by atoms with E-state index in [0.717, 1.165) is 0 Å². The summed E-state index contributed by atoms with van der Waals surface area (Å²) < 4.78 is 23.3. The van der Waals surface area contributed by atoms with Crippen LogP contribution in [0.25, 0.3) is 0 Å². The number of aryl methyl sites for hydroxylation is 2. The van der Waals surface area contributed by atoms with Crippen LogP contribution in [0.3, 0.4) is 0 Å². The molecule has 23 heavy (non-hydrogen) atoms. The number of aromatic nitrogens is 2. The Morgan fingerprint density at radius 1 is 1.04 bits per heavy atom. The number of phosphoric acid groups is 1. The van der Waals surface area contributed by atoms with Gasteiger partial charge in [0.2, 0.25) is 6.33 Å². The summed E-state index contributed by atoms with van der Waals surface area (Å²) >= 11 is 0. The Labute approximate surface area is 141 Å². The second-order valence-electron chi connectivity index (χ2n) is 5.37. The fourth-order valence-corrected chi connectivity index (χ4v) is 2.77. The third-order valence-electron chi connectivity index (χ3n) is 3.17. The summed E-state index contributed by atoms with van der Waals surface area (Å²) in [5, 5.41) is 0. The SMILES string of the molecule is CCCCCCCCn1cc[n+](C)c1.CCOP(=O)([O-])OCC. The van der Waals surface area contributed by atoms with Crippen molar-refractivity contribution in [3.63, 3.8) is 0 Å². The molecule has 0 aromatic carbocycles. The molecule has 0 fully saturated rings. The lowest BCUT2D eigenvalue weighted by Crippen LogP contribution is -2.23. The number of nitrogens with zero attached hydrogens (tertiary/aromatic N) is 2. The summed E-state index contributed by atoms with van der Waals surface area (Å²) in [6, 6.07) is 0. The van der Waals surface area contributed by atoms with Crippen LogP contribution >= 0.6 is 7.82 Å². The van der Waals surface area contributed by atoms with E-state index in [1.165, 1.54) is 45.1 Å². The van der Waals surface area contributed by atoms with E-state index in [0.29, 0.717) is 0 Å². The highest BCUT2D eigenvalue weighted by Gasteiger charge is 2.04. The normalized spacial score (nSPS) is 11.2. The number of imidazole rings is 1. The maximum absolute atomic E-state index is 10.4. The molecule has 1 aromatic rings. The van der Waals surface area contributed by atoms with E-state index in [4.69, 9.17) is 0 Å². The van der Waals surface area contributed by atoms with Crippen molar-refractivity contribution in [1.82, 2.24) is 4.57 Å². The average molecular weight is 348 g/mol. The van der Waals surface area contributed by atoms with E-state index in [1.54, 1.807) is 13.8 Å². The smallest absolute Gasteiger partial charge is 0.267 e. The van der Waals surface area contributed by atoms with Gasteiger partial charge in [-0.2, -0.15) is 0 Å². The van der Waals surface area contributed by atoms with Crippen LogP contribution in [0, 0.1) is 0 Å². The van der Waals surface area contributed by atoms with E-state index in [1.807, 2.05) is 0 Å². The molecule has 0 aliphatic heterocycles. The van der Waals surface area contributed by atoms with Crippen LogP contribution < -0.4 is 9.46 Å². The number of rotatable bonds is 11. The van der Waals surface area contributed by atoms with Gasteiger partial charge in [-0.15, -0.1) is 0 Å².